The van der Waals surface area contributed by atoms with E-state index >= 15 is 0 Å². The Morgan fingerprint density at radius 1 is 1.19 bits per heavy atom. The van der Waals surface area contributed by atoms with E-state index in [-0.39, 0.29) is 5.78 Å². The van der Waals surface area contributed by atoms with Gasteiger partial charge in [-0.05, 0) is 18.2 Å². The van der Waals surface area contributed by atoms with Gasteiger partial charge in [0.15, 0.2) is 5.78 Å². The Morgan fingerprint density at radius 2 is 2.06 bits per heavy atom. The SMILES string of the molecule is O=C1CC=CC2=C1Sc1ccc(Br)cc1S2. The van der Waals surface area contributed by atoms with Crippen LogP contribution >= 0.6 is 39.5 Å². The zero-order valence-corrected chi connectivity index (χ0v) is 11.4. The molecule has 1 nitrogen and oxygen atoms in total. The van der Waals surface area contributed by atoms with Crippen molar-refractivity contribution >= 4 is 45.2 Å². The van der Waals surface area contributed by atoms with Crippen LogP contribution in [0.2, 0.25) is 0 Å². The summed E-state index contributed by atoms with van der Waals surface area (Å²) in [5, 5.41) is 0. The molecular formula is C12H7BrOS2. The highest BCUT2D eigenvalue weighted by molar-refractivity contribution is 9.10. The molecule has 16 heavy (non-hydrogen) atoms. The molecular weight excluding hydrogens is 304 g/mol. The lowest BCUT2D eigenvalue weighted by Gasteiger charge is -2.21. The number of hydrogen-bond acceptors (Lipinski definition) is 3. The first-order valence-corrected chi connectivity index (χ1v) is 7.26. The molecule has 1 aliphatic carbocycles. The zero-order valence-electron chi connectivity index (χ0n) is 8.20. The van der Waals surface area contributed by atoms with Crippen LogP contribution in [0.1, 0.15) is 6.42 Å². The van der Waals surface area contributed by atoms with Crippen molar-refractivity contribution in [1.82, 2.24) is 0 Å². The molecule has 1 heterocycles. The number of Topliss-reactive ketones (excluding diaryl/α,β-unsaturated/α-hetero) is 1. The maximum absolute atomic E-state index is 11.8. The van der Waals surface area contributed by atoms with Gasteiger partial charge >= 0.3 is 0 Å². The van der Waals surface area contributed by atoms with Gasteiger partial charge in [0.2, 0.25) is 0 Å². The number of hydrogen-bond donors (Lipinski definition) is 0. The number of carbonyl (C=O) groups excluding carboxylic acids is 1. The topological polar surface area (TPSA) is 17.1 Å². The van der Waals surface area contributed by atoms with Crippen LogP contribution in [-0.4, -0.2) is 5.78 Å². The van der Waals surface area contributed by atoms with Gasteiger partial charge < -0.3 is 0 Å². The fourth-order valence-electron chi connectivity index (χ4n) is 1.64. The highest BCUT2D eigenvalue weighted by Gasteiger charge is 2.24. The Bertz CT molecular complexity index is 546. The Labute approximate surface area is 111 Å². The second-order valence-electron chi connectivity index (χ2n) is 3.52. The quantitative estimate of drug-likeness (QED) is 0.707. The summed E-state index contributed by atoms with van der Waals surface area (Å²) in [4.78, 5) is 16.1. The summed E-state index contributed by atoms with van der Waals surface area (Å²) in [5.74, 6) is 0.239. The molecule has 1 aromatic carbocycles. The van der Waals surface area contributed by atoms with Crippen LogP contribution in [0.3, 0.4) is 0 Å². The van der Waals surface area contributed by atoms with Gasteiger partial charge in [-0.25, -0.2) is 0 Å². The molecule has 4 heteroatoms. The molecule has 1 aromatic rings. The summed E-state index contributed by atoms with van der Waals surface area (Å²) in [6.07, 6.45) is 4.54. The van der Waals surface area contributed by atoms with Crippen molar-refractivity contribution in [2.24, 2.45) is 0 Å². The Kier molecular flexibility index (Phi) is 2.73. The van der Waals surface area contributed by atoms with Crippen LogP contribution < -0.4 is 0 Å². The molecule has 0 unspecified atom stereocenters. The molecule has 0 spiro atoms. The van der Waals surface area contributed by atoms with Crippen molar-refractivity contribution in [1.29, 1.82) is 0 Å². The Morgan fingerprint density at radius 3 is 2.94 bits per heavy atom. The molecule has 0 bridgehead atoms. The van der Waals surface area contributed by atoms with Crippen molar-refractivity contribution in [2.75, 3.05) is 0 Å². The minimum atomic E-state index is 0.239. The number of rotatable bonds is 0. The lowest BCUT2D eigenvalue weighted by molar-refractivity contribution is -0.114. The molecule has 0 amide bonds. The van der Waals surface area contributed by atoms with Gasteiger partial charge in [-0.3, -0.25) is 4.79 Å². The molecule has 0 N–H and O–H groups in total. The van der Waals surface area contributed by atoms with E-state index in [1.807, 2.05) is 12.1 Å². The lowest BCUT2D eigenvalue weighted by atomic mass is 10.2. The molecule has 0 atom stereocenters. The van der Waals surface area contributed by atoms with Crippen LogP contribution in [0.4, 0.5) is 0 Å². The summed E-state index contributed by atoms with van der Waals surface area (Å²) in [6, 6.07) is 6.18. The van der Waals surface area contributed by atoms with E-state index in [2.05, 4.69) is 34.1 Å². The lowest BCUT2D eigenvalue weighted by Crippen LogP contribution is -2.06. The Balaban J connectivity index is 2.07. The van der Waals surface area contributed by atoms with Gasteiger partial charge in [0, 0.05) is 25.6 Å². The largest absolute Gasteiger partial charge is 0.293 e. The van der Waals surface area contributed by atoms with Crippen LogP contribution in [-0.2, 0) is 4.79 Å². The number of carbonyl (C=O) groups is 1. The molecule has 0 saturated carbocycles. The minimum Gasteiger partial charge on any atom is -0.293 e. The molecule has 2 aliphatic rings. The first kappa shape index (κ1) is 10.7. The summed E-state index contributed by atoms with van der Waals surface area (Å²) in [7, 11) is 0. The van der Waals surface area contributed by atoms with Crippen molar-refractivity contribution in [2.45, 2.75) is 16.2 Å². The fourth-order valence-corrected chi connectivity index (χ4v) is 4.50. The fraction of sp³-hybridized carbons (Fsp3) is 0.0833. The summed E-state index contributed by atoms with van der Waals surface area (Å²) in [6.45, 7) is 0. The number of fused-ring (bicyclic) bond motifs is 1. The van der Waals surface area contributed by atoms with E-state index in [0.717, 1.165) is 14.3 Å². The highest BCUT2D eigenvalue weighted by Crippen LogP contribution is 2.49. The molecule has 0 radical (unpaired) electrons. The van der Waals surface area contributed by atoms with E-state index in [1.165, 1.54) is 9.79 Å². The Hall–Kier alpha value is -0.450. The van der Waals surface area contributed by atoms with Gasteiger partial charge in [0.25, 0.3) is 0 Å². The zero-order chi connectivity index (χ0) is 11.1. The minimum absolute atomic E-state index is 0.239. The molecule has 1 aliphatic heterocycles. The van der Waals surface area contributed by atoms with Crippen molar-refractivity contribution in [3.8, 4) is 0 Å². The van der Waals surface area contributed by atoms with E-state index in [4.69, 9.17) is 0 Å². The maximum atomic E-state index is 11.8. The second kappa shape index (κ2) is 4.09. The number of thioether (sulfide) groups is 2. The van der Waals surface area contributed by atoms with Crippen molar-refractivity contribution in [3.05, 3.63) is 44.6 Å². The third-order valence-electron chi connectivity index (χ3n) is 2.39. The molecule has 0 aromatic heterocycles. The standard InChI is InChI=1S/C12H7BrOS2/c13-7-4-5-9-11(6-7)15-10-3-1-2-8(14)12(10)16-9/h1,3-6H,2H2. The predicted molar refractivity (Wildman–Crippen MR) is 71.6 cm³/mol. The number of benzene rings is 1. The van der Waals surface area contributed by atoms with Gasteiger partial charge in [-0.2, -0.15) is 0 Å². The molecule has 80 valence electrons. The normalized spacial score (nSPS) is 18.4. The van der Waals surface area contributed by atoms with Gasteiger partial charge in [-0.1, -0.05) is 51.6 Å². The first-order valence-electron chi connectivity index (χ1n) is 4.83. The summed E-state index contributed by atoms with van der Waals surface area (Å²) >= 11 is 6.74. The van der Waals surface area contributed by atoms with Gasteiger partial charge in [0.05, 0.1) is 4.91 Å². The molecule has 3 rings (SSSR count). The van der Waals surface area contributed by atoms with E-state index in [1.54, 1.807) is 23.5 Å². The average Bonchev–Trinajstić information content (AvgIpc) is 2.27. The third kappa shape index (κ3) is 1.79. The summed E-state index contributed by atoms with van der Waals surface area (Å²) < 4.78 is 1.08. The van der Waals surface area contributed by atoms with Crippen LogP contribution in [0.15, 0.2) is 54.4 Å². The highest BCUT2D eigenvalue weighted by atomic mass is 79.9. The van der Waals surface area contributed by atoms with Crippen LogP contribution in [0.25, 0.3) is 0 Å². The second-order valence-corrected chi connectivity index (χ2v) is 6.57. The number of halogens is 1. The van der Waals surface area contributed by atoms with Crippen LogP contribution in [0, 0.1) is 0 Å². The smallest absolute Gasteiger partial charge is 0.174 e. The first-order chi connectivity index (χ1) is 7.74. The average molecular weight is 311 g/mol. The maximum Gasteiger partial charge on any atom is 0.174 e. The van der Waals surface area contributed by atoms with Crippen molar-refractivity contribution < 1.29 is 4.79 Å². The number of ketones is 1. The number of allylic oxidation sites excluding steroid dienone is 3. The molecule has 0 fully saturated rings. The van der Waals surface area contributed by atoms with Crippen molar-refractivity contribution in [3.63, 3.8) is 0 Å². The van der Waals surface area contributed by atoms with E-state index in [0.29, 0.717) is 6.42 Å². The summed E-state index contributed by atoms with van der Waals surface area (Å²) in [5.41, 5.74) is 0. The van der Waals surface area contributed by atoms with Gasteiger partial charge in [-0.15, -0.1) is 0 Å². The van der Waals surface area contributed by atoms with Crippen LogP contribution in [0.5, 0.6) is 0 Å². The predicted octanol–water partition coefficient (Wildman–Crippen LogP) is 4.39. The molecule has 0 saturated heterocycles. The monoisotopic (exact) mass is 310 g/mol. The third-order valence-corrected chi connectivity index (χ3v) is 5.48. The van der Waals surface area contributed by atoms with E-state index in [9.17, 15) is 4.79 Å². The van der Waals surface area contributed by atoms with Gasteiger partial charge in [0.1, 0.15) is 0 Å². The van der Waals surface area contributed by atoms with E-state index < -0.39 is 0 Å².